The highest BCUT2D eigenvalue weighted by Crippen LogP contribution is 2.35. The van der Waals surface area contributed by atoms with Gasteiger partial charge in [-0.15, -0.1) is 0 Å². The number of ketones is 1. The summed E-state index contributed by atoms with van der Waals surface area (Å²) in [6.07, 6.45) is 0. The molecule has 0 spiro atoms. The molecule has 0 bridgehead atoms. The van der Waals surface area contributed by atoms with Crippen LogP contribution in [-0.4, -0.2) is 63.2 Å². The Balaban J connectivity index is 1.56. The zero-order valence-electron chi connectivity index (χ0n) is 22.3. The van der Waals surface area contributed by atoms with Gasteiger partial charge in [0.1, 0.15) is 18.1 Å². The van der Waals surface area contributed by atoms with Crippen molar-refractivity contribution in [3.8, 4) is 11.5 Å². The maximum Gasteiger partial charge on any atom is 0.296 e. The Hall–Kier alpha value is -3.42. The molecule has 1 aliphatic rings. The summed E-state index contributed by atoms with van der Waals surface area (Å²) in [7, 11) is 1.56. The molecule has 1 saturated heterocycles. The van der Waals surface area contributed by atoms with Gasteiger partial charge in [0, 0.05) is 30.6 Å². The third-order valence-corrected chi connectivity index (χ3v) is 6.70. The van der Waals surface area contributed by atoms with Crippen LogP contribution < -0.4 is 14.8 Å². The molecule has 0 radical (unpaired) electrons. The minimum absolute atomic E-state index is 0.131. The van der Waals surface area contributed by atoms with Crippen LogP contribution in [0.3, 0.4) is 0 Å². The van der Waals surface area contributed by atoms with E-state index in [1.54, 1.807) is 19.2 Å². The van der Waals surface area contributed by atoms with E-state index < -0.39 is 11.7 Å². The summed E-state index contributed by atoms with van der Waals surface area (Å²) in [5, 5.41) is 4.28. The van der Waals surface area contributed by atoms with Crippen LogP contribution in [0.1, 0.15) is 42.3 Å². The molecule has 37 heavy (non-hydrogen) atoms. The van der Waals surface area contributed by atoms with E-state index in [9.17, 15) is 9.59 Å². The predicted octanol–water partition coefficient (Wildman–Crippen LogP) is 4.99. The molecule has 0 aliphatic carbocycles. The first kappa shape index (κ1) is 26.6. The molecular formula is C30H36N2O5. The van der Waals surface area contributed by atoms with Crippen LogP contribution in [0.25, 0.3) is 10.8 Å². The van der Waals surface area contributed by atoms with Gasteiger partial charge in [-0.2, -0.15) is 0 Å². The van der Waals surface area contributed by atoms with Crippen LogP contribution in [-0.2, 0) is 14.9 Å². The van der Waals surface area contributed by atoms with Crippen molar-refractivity contribution in [2.24, 2.45) is 0 Å². The second-order valence-corrected chi connectivity index (χ2v) is 10.4. The third kappa shape index (κ3) is 6.12. The van der Waals surface area contributed by atoms with E-state index in [0.29, 0.717) is 34.7 Å². The number of aryl methyl sites for hydroxylation is 1. The Bertz CT molecular complexity index is 1290. The first-order valence-corrected chi connectivity index (χ1v) is 12.7. The zero-order chi connectivity index (χ0) is 26.6. The molecule has 7 nitrogen and oxygen atoms in total. The first-order chi connectivity index (χ1) is 17.7. The number of benzene rings is 3. The third-order valence-electron chi connectivity index (χ3n) is 6.70. The number of rotatable bonds is 8. The summed E-state index contributed by atoms with van der Waals surface area (Å²) >= 11 is 0. The van der Waals surface area contributed by atoms with Gasteiger partial charge in [0.15, 0.2) is 0 Å². The molecule has 1 amide bonds. The molecule has 0 atom stereocenters. The van der Waals surface area contributed by atoms with Crippen molar-refractivity contribution < 1.29 is 23.8 Å². The summed E-state index contributed by atoms with van der Waals surface area (Å²) in [6.45, 7) is 12.8. The normalized spacial score (nSPS) is 14.4. The molecule has 7 heteroatoms. The average Bonchev–Trinajstić information content (AvgIpc) is 2.88. The van der Waals surface area contributed by atoms with Gasteiger partial charge in [0.25, 0.3) is 11.7 Å². The van der Waals surface area contributed by atoms with Crippen LogP contribution in [0.15, 0.2) is 48.5 Å². The van der Waals surface area contributed by atoms with Crippen molar-refractivity contribution in [1.82, 2.24) is 4.90 Å². The second kappa shape index (κ2) is 11.3. The molecule has 0 aromatic heterocycles. The standard InChI is InChI=1S/C30H36N2O5/c1-20-18-21(30(2,3)4)19-25(28(20)35-5)31-29(34)27(33)24-10-11-26(23-9-7-6-8-22(23)24)37-17-14-32-12-15-36-16-13-32/h6-11,18-19H,12-17H2,1-5H3,(H,31,34). The van der Waals surface area contributed by atoms with Gasteiger partial charge in [-0.1, -0.05) is 51.1 Å². The van der Waals surface area contributed by atoms with Gasteiger partial charge in [0.2, 0.25) is 0 Å². The number of carbonyl (C=O) groups is 2. The lowest BCUT2D eigenvalue weighted by molar-refractivity contribution is -0.112. The quantitative estimate of drug-likeness (QED) is 0.344. The smallest absolute Gasteiger partial charge is 0.296 e. The fourth-order valence-corrected chi connectivity index (χ4v) is 4.58. The van der Waals surface area contributed by atoms with E-state index in [0.717, 1.165) is 49.4 Å². The Kier molecular flexibility index (Phi) is 8.15. The van der Waals surface area contributed by atoms with Crippen molar-refractivity contribution in [2.75, 3.05) is 51.9 Å². The molecule has 4 rings (SSSR count). The number of nitrogens with one attached hydrogen (secondary N) is 1. The van der Waals surface area contributed by atoms with Crippen LogP contribution in [0.5, 0.6) is 11.5 Å². The minimum Gasteiger partial charge on any atom is -0.494 e. The molecule has 1 fully saturated rings. The average molecular weight is 505 g/mol. The highest BCUT2D eigenvalue weighted by Gasteiger charge is 2.24. The molecule has 1 aliphatic heterocycles. The Labute approximate surface area is 218 Å². The summed E-state index contributed by atoms with van der Waals surface area (Å²) < 4.78 is 17.0. The molecule has 1 heterocycles. The highest BCUT2D eigenvalue weighted by molar-refractivity contribution is 6.48. The Morgan fingerprint density at radius 2 is 1.73 bits per heavy atom. The van der Waals surface area contributed by atoms with Gasteiger partial charge < -0.3 is 19.5 Å². The SMILES string of the molecule is COc1c(C)cc(C(C)(C)C)cc1NC(=O)C(=O)c1ccc(OCCN2CCOCC2)c2ccccc12. The van der Waals surface area contributed by atoms with Gasteiger partial charge in [0.05, 0.1) is 26.0 Å². The van der Waals surface area contributed by atoms with Gasteiger partial charge in [-0.25, -0.2) is 0 Å². The number of carbonyl (C=O) groups excluding carboxylic acids is 2. The minimum atomic E-state index is -0.713. The molecule has 3 aromatic carbocycles. The van der Waals surface area contributed by atoms with Gasteiger partial charge >= 0.3 is 0 Å². The molecule has 1 N–H and O–H groups in total. The van der Waals surface area contributed by atoms with Gasteiger partial charge in [-0.05, 0) is 47.1 Å². The number of hydrogen-bond acceptors (Lipinski definition) is 6. The first-order valence-electron chi connectivity index (χ1n) is 12.7. The fraction of sp³-hybridized carbons (Fsp3) is 0.400. The highest BCUT2D eigenvalue weighted by atomic mass is 16.5. The molecular weight excluding hydrogens is 468 g/mol. The second-order valence-electron chi connectivity index (χ2n) is 10.4. The molecule has 3 aromatic rings. The number of Topliss-reactive ketones (excluding diaryl/α,β-unsaturated/α-hetero) is 1. The van der Waals surface area contributed by atoms with Crippen molar-refractivity contribution >= 4 is 28.2 Å². The zero-order valence-corrected chi connectivity index (χ0v) is 22.3. The van der Waals surface area contributed by atoms with Crippen LogP contribution in [0.2, 0.25) is 0 Å². The number of hydrogen-bond donors (Lipinski definition) is 1. The van der Waals surface area contributed by atoms with Crippen LogP contribution in [0, 0.1) is 6.92 Å². The summed E-state index contributed by atoms with van der Waals surface area (Å²) in [5.41, 5.74) is 2.61. The van der Waals surface area contributed by atoms with E-state index in [4.69, 9.17) is 14.2 Å². The van der Waals surface area contributed by atoms with Crippen LogP contribution in [0.4, 0.5) is 5.69 Å². The molecule has 196 valence electrons. The fourth-order valence-electron chi connectivity index (χ4n) is 4.58. The van der Waals surface area contributed by atoms with Crippen molar-refractivity contribution in [3.63, 3.8) is 0 Å². The summed E-state index contributed by atoms with van der Waals surface area (Å²) in [4.78, 5) is 28.8. The number of fused-ring (bicyclic) bond motifs is 1. The largest absolute Gasteiger partial charge is 0.494 e. The predicted molar refractivity (Wildman–Crippen MR) is 146 cm³/mol. The Morgan fingerprint density at radius 1 is 1.03 bits per heavy atom. The number of anilines is 1. The molecule has 0 unspecified atom stereocenters. The Morgan fingerprint density at radius 3 is 2.41 bits per heavy atom. The van der Waals surface area contributed by atoms with Crippen molar-refractivity contribution in [2.45, 2.75) is 33.1 Å². The number of ether oxygens (including phenoxy) is 3. The van der Waals surface area contributed by atoms with Crippen molar-refractivity contribution in [3.05, 3.63) is 65.2 Å². The monoisotopic (exact) mass is 504 g/mol. The van der Waals surface area contributed by atoms with Gasteiger partial charge in [-0.3, -0.25) is 14.5 Å². The number of amides is 1. The van der Waals surface area contributed by atoms with E-state index in [-0.39, 0.29) is 5.41 Å². The summed E-state index contributed by atoms with van der Waals surface area (Å²) in [5.74, 6) is -0.0918. The van der Waals surface area contributed by atoms with E-state index in [1.807, 2.05) is 43.3 Å². The summed E-state index contributed by atoms with van der Waals surface area (Å²) in [6, 6.07) is 14.9. The van der Waals surface area contributed by atoms with Crippen molar-refractivity contribution in [1.29, 1.82) is 0 Å². The maximum atomic E-state index is 13.3. The lowest BCUT2D eigenvalue weighted by Gasteiger charge is -2.26. The molecule has 0 saturated carbocycles. The van der Waals surface area contributed by atoms with E-state index in [2.05, 4.69) is 31.0 Å². The number of nitrogens with zero attached hydrogens (tertiary/aromatic N) is 1. The van der Waals surface area contributed by atoms with E-state index in [1.165, 1.54) is 0 Å². The lowest BCUT2D eigenvalue weighted by atomic mass is 9.85. The number of methoxy groups -OCH3 is 1. The maximum absolute atomic E-state index is 13.3. The lowest BCUT2D eigenvalue weighted by Crippen LogP contribution is -2.38. The van der Waals surface area contributed by atoms with Crippen LogP contribution >= 0.6 is 0 Å². The topological polar surface area (TPSA) is 77.1 Å². The number of morpholine rings is 1. The van der Waals surface area contributed by atoms with E-state index >= 15 is 0 Å².